The summed E-state index contributed by atoms with van der Waals surface area (Å²) < 4.78 is 13.0. The van der Waals surface area contributed by atoms with Crippen LogP contribution in [0.25, 0.3) is 0 Å². The Kier molecular flexibility index (Phi) is 3.14. The molecule has 2 unspecified atom stereocenters. The number of benzene rings is 2. The molecule has 1 aliphatic carbocycles. The molecule has 102 valence electrons. The number of anilines is 1. The Morgan fingerprint density at radius 2 is 1.95 bits per heavy atom. The molecule has 2 atom stereocenters. The number of nitrogens with one attached hydrogen (secondary N) is 1. The minimum Gasteiger partial charge on any atom is -0.398 e. The molecule has 0 radical (unpaired) electrons. The van der Waals surface area contributed by atoms with E-state index >= 15 is 0 Å². The van der Waals surface area contributed by atoms with Crippen LogP contribution in [-0.4, -0.2) is 11.9 Å². The summed E-state index contributed by atoms with van der Waals surface area (Å²) >= 11 is 0. The zero-order valence-corrected chi connectivity index (χ0v) is 10.8. The molecule has 1 fully saturated rings. The maximum atomic E-state index is 13.0. The molecule has 0 aromatic heterocycles. The number of hydrogen-bond donors (Lipinski definition) is 2. The van der Waals surface area contributed by atoms with Crippen LogP contribution in [-0.2, 0) is 0 Å². The van der Waals surface area contributed by atoms with Gasteiger partial charge < -0.3 is 11.1 Å². The highest BCUT2D eigenvalue weighted by molar-refractivity contribution is 5.99. The Morgan fingerprint density at radius 1 is 1.20 bits per heavy atom. The standard InChI is InChI=1S/C16H15FN2O/c17-11-6-7-12(14(18)8-11)16(20)19-15-9-13(15)10-4-2-1-3-5-10/h1-8,13,15H,9,18H2,(H,19,20). The van der Waals surface area contributed by atoms with E-state index in [9.17, 15) is 9.18 Å². The first-order valence-electron chi connectivity index (χ1n) is 6.56. The van der Waals surface area contributed by atoms with Crippen molar-refractivity contribution in [3.05, 3.63) is 65.5 Å². The molecule has 3 nitrogen and oxygen atoms in total. The quantitative estimate of drug-likeness (QED) is 0.842. The second-order valence-corrected chi connectivity index (χ2v) is 5.06. The van der Waals surface area contributed by atoms with Crippen molar-refractivity contribution in [1.29, 1.82) is 0 Å². The summed E-state index contributed by atoms with van der Waals surface area (Å²) in [7, 11) is 0. The van der Waals surface area contributed by atoms with E-state index in [1.54, 1.807) is 0 Å². The van der Waals surface area contributed by atoms with E-state index in [2.05, 4.69) is 17.4 Å². The van der Waals surface area contributed by atoms with Crippen LogP contribution in [0, 0.1) is 5.82 Å². The van der Waals surface area contributed by atoms with Gasteiger partial charge in [0.1, 0.15) is 5.82 Å². The Morgan fingerprint density at radius 3 is 2.65 bits per heavy atom. The van der Waals surface area contributed by atoms with Crippen LogP contribution in [0.5, 0.6) is 0 Å². The van der Waals surface area contributed by atoms with E-state index in [1.165, 1.54) is 17.7 Å². The van der Waals surface area contributed by atoms with Crippen molar-refractivity contribution in [3.8, 4) is 0 Å². The summed E-state index contributed by atoms with van der Waals surface area (Å²) in [6, 6.07) is 14.0. The topological polar surface area (TPSA) is 55.1 Å². The van der Waals surface area contributed by atoms with E-state index in [1.807, 2.05) is 18.2 Å². The summed E-state index contributed by atoms with van der Waals surface area (Å²) in [6.07, 6.45) is 0.927. The van der Waals surface area contributed by atoms with Crippen LogP contribution >= 0.6 is 0 Å². The molecule has 1 amide bonds. The number of carbonyl (C=O) groups excluding carboxylic acids is 1. The first-order valence-corrected chi connectivity index (χ1v) is 6.56. The Hall–Kier alpha value is -2.36. The van der Waals surface area contributed by atoms with Crippen LogP contribution in [0.1, 0.15) is 28.3 Å². The number of carbonyl (C=O) groups is 1. The van der Waals surface area contributed by atoms with Crippen molar-refractivity contribution >= 4 is 11.6 Å². The van der Waals surface area contributed by atoms with Gasteiger partial charge in [-0.15, -0.1) is 0 Å². The maximum absolute atomic E-state index is 13.0. The van der Waals surface area contributed by atoms with Gasteiger partial charge in [0.25, 0.3) is 5.91 Å². The predicted octanol–water partition coefficient (Wildman–Crippen LogP) is 2.69. The van der Waals surface area contributed by atoms with Crippen molar-refractivity contribution in [2.75, 3.05) is 5.73 Å². The summed E-state index contributed by atoms with van der Waals surface area (Å²) in [5.41, 5.74) is 7.38. The molecule has 0 aliphatic heterocycles. The SMILES string of the molecule is Nc1cc(F)ccc1C(=O)NC1CC1c1ccccc1. The van der Waals surface area contributed by atoms with E-state index < -0.39 is 5.82 Å². The second kappa shape index (κ2) is 4.96. The lowest BCUT2D eigenvalue weighted by molar-refractivity contribution is 0.0951. The van der Waals surface area contributed by atoms with Gasteiger partial charge in [0.15, 0.2) is 0 Å². The van der Waals surface area contributed by atoms with Gasteiger partial charge in [-0.05, 0) is 30.2 Å². The molecule has 0 spiro atoms. The molecule has 1 saturated carbocycles. The molecule has 0 heterocycles. The van der Waals surface area contributed by atoms with Crippen LogP contribution in [0.2, 0.25) is 0 Å². The number of amides is 1. The third-order valence-corrected chi connectivity index (χ3v) is 3.59. The summed E-state index contributed by atoms with van der Waals surface area (Å²) in [5.74, 6) is -0.319. The van der Waals surface area contributed by atoms with Crippen molar-refractivity contribution < 1.29 is 9.18 Å². The summed E-state index contributed by atoms with van der Waals surface area (Å²) in [5, 5.41) is 2.94. The predicted molar refractivity (Wildman–Crippen MR) is 75.9 cm³/mol. The highest BCUT2D eigenvalue weighted by Gasteiger charge is 2.39. The van der Waals surface area contributed by atoms with Gasteiger partial charge in [-0.25, -0.2) is 4.39 Å². The van der Waals surface area contributed by atoms with Gasteiger partial charge in [-0.3, -0.25) is 4.79 Å². The van der Waals surface area contributed by atoms with Gasteiger partial charge in [0.2, 0.25) is 0 Å². The van der Waals surface area contributed by atoms with E-state index in [0.29, 0.717) is 11.5 Å². The number of halogens is 1. The minimum absolute atomic E-state index is 0.134. The first-order chi connectivity index (χ1) is 9.65. The fourth-order valence-corrected chi connectivity index (χ4v) is 2.41. The van der Waals surface area contributed by atoms with Crippen LogP contribution < -0.4 is 11.1 Å². The van der Waals surface area contributed by atoms with Crippen molar-refractivity contribution in [2.45, 2.75) is 18.4 Å². The molecule has 4 heteroatoms. The zero-order valence-electron chi connectivity index (χ0n) is 10.8. The molecular weight excluding hydrogens is 255 g/mol. The number of nitrogens with two attached hydrogens (primary N) is 1. The third kappa shape index (κ3) is 2.50. The van der Waals surface area contributed by atoms with Gasteiger partial charge >= 0.3 is 0 Å². The molecular formula is C16H15FN2O. The lowest BCUT2D eigenvalue weighted by Crippen LogP contribution is -2.27. The average Bonchev–Trinajstić information content (AvgIpc) is 3.18. The van der Waals surface area contributed by atoms with Crippen LogP contribution in [0.3, 0.4) is 0 Å². The Bertz CT molecular complexity index is 642. The largest absolute Gasteiger partial charge is 0.398 e. The maximum Gasteiger partial charge on any atom is 0.253 e. The molecule has 2 aromatic rings. The second-order valence-electron chi connectivity index (χ2n) is 5.06. The van der Waals surface area contributed by atoms with E-state index in [0.717, 1.165) is 12.5 Å². The molecule has 1 aliphatic rings. The summed E-state index contributed by atoms with van der Waals surface area (Å²) in [4.78, 5) is 12.1. The normalized spacial score (nSPS) is 20.4. The monoisotopic (exact) mass is 270 g/mol. The highest BCUT2D eigenvalue weighted by atomic mass is 19.1. The average molecular weight is 270 g/mol. The van der Waals surface area contributed by atoms with E-state index in [4.69, 9.17) is 5.73 Å². The Labute approximate surface area is 116 Å². The third-order valence-electron chi connectivity index (χ3n) is 3.59. The number of rotatable bonds is 3. The van der Waals surface area contributed by atoms with Crippen molar-refractivity contribution in [3.63, 3.8) is 0 Å². The Balaban J connectivity index is 1.66. The molecule has 2 aromatic carbocycles. The van der Waals surface area contributed by atoms with Crippen LogP contribution in [0.4, 0.5) is 10.1 Å². The molecule has 3 N–H and O–H groups in total. The number of hydrogen-bond acceptors (Lipinski definition) is 2. The lowest BCUT2D eigenvalue weighted by atomic mass is 10.1. The number of nitrogen functional groups attached to an aromatic ring is 1. The van der Waals surface area contributed by atoms with Crippen molar-refractivity contribution in [1.82, 2.24) is 5.32 Å². The smallest absolute Gasteiger partial charge is 0.253 e. The minimum atomic E-state index is -0.437. The van der Waals surface area contributed by atoms with E-state index in [-0.39, 0.29) is 17.6 Å². The van der Waals surface area contributed by atoms with Gasteiger partial charge in [-0.2, -0.15) is 0 Å². The fourth-order valence-electron chi connectivity index (χ4n) is 2.41. The van der Waals surface area contributed by atoms with Gasteiger partial charge in [-0.1, -0.05) is 30.3 Å². The van der Waals surface area contributed by atoms with Gasteiger partial charge in [0, 0.05) is 17.6 Å². The fraction of sp³-hybridized carbons (Fsp3) is 0.188. The molecule has 3 rings (SSSR count). The molecule has 0 saturated heterocycles. The lowest BCUT2D eigenvalue weighted by Gasteiger charge is -2.07. The first kappa shape index (κ1) is 12.7. The zero-order chi connectivity index (χ0) is 14.1. The molecule has 0 bridgehead atoms. The molecule has 20 heavy (non-hydrogen) atoms. The highest BCUT2D eigenvalue weighted by Crippen LogP contribution is 2.40. The van der Waals surface area contributed by atoms with Gasteiger partial charge in [0.05, 0.1) is 5.56 Å². The van der Waals surface area contributed by atoms with Crippen molar-refractivity contribution in [2.24, 2.45) is 0 Å². The van der Waals surface area contributed by atoms with Crippen LogP contribution in [0.15, 0.2) is 48.5 Å². The summed E-state index contributed by atoms with van der Waals surface area (Å²) in [6.45, 7) is 0.